The molecule has 0 aliphatic carbocycles. The van der Waals surface area contributed by atoms with E-state index in [9.17, 15) is 0 Å². The Bertz CT molecular complexity index is 968. The maximum Gasteiger partial charge on any atom is 0.161 e. The van der Waals surface area contributed by atoms with Crippen LogP contribution in [-0.4, -0.2) is 14.2 Å². The van der Waals surface area contributed by atoms with Crippen LogP contribution in [0.5, 0.6) is 11.5 Å². The highest BCUT2D eigenvalue weighted by molar-refractivity contribution is 6.30. The van der Waals surface area contributed by atoms with Crippen LogP contribution in [0.1, 0.15) is 22.3 Å². The smallest absolute Gasteiger partial charge is 0.161 e. The molecule has 0 bridgehead atoms. The number of fused-ring (bicyclic) bond motifs is 3. The number of hydrogen-bond acceptors (Lipinski definition) is 3. The van der Waals surface area contributed by atoms with Crippen molar-refractivity contribution in [1.82, 2.24) is 0 Å². The molecule has 0 unspecified atom stereocenters. The molecule has 0 fully saturated rings. The number of nitrogens with one attached hydrogen (secondary N) is 1. The van der Waals surface area contributed by atoms with Crippen LogP contribution in [0.25, 0.3) is 0 Å². The fraction of sp³-hybridized carbons (Fsp3) is 0.182. The molecule has 1 N–H and O–H groups in total. The maximum absolute atomic E-state index is 6.25. The van der Waals surface area contributed by atoms with Gasteiger partial charge in [0, 0.05) is 16.4 Å². The molecule has 0 amide bonds. The standard InChI is InChI=1S/C22H20ClNO2/c1-25-21-11-16-9-14-5-3-4-6-19(14)24-20-13-18(23)8-7-15(20)10-17(16)12-22(21)26-2/h3-8,11-13,24H,9-10H2,1-2H3. The summed E-state index contributed by atoms with van der Waals surface area (Å²) in [6.07, 6.45) is 1.61. The number of halogens is 1. The number of methoxy groups -OCH3 is 2. The molecule has 0 spiro atoms. The van der Waals surface area contributed by atoms with Gasteiger partial charge in [0.1, 0.15) is 0 Å². The third-order valence-corrected chi connectivity index (χ3v) is 5.06. The van der Waals surface area contributed by atoms with Crippen LogP contribution >= 0.6 is 11.6 Å². The van der Waals surface area contributed by atoms with Gasteiger partial charge in [-0.05, 0) is 65.4 Å². The molecule has 1 aliphatic rings. The predicted octanol–water partition coefficient (Wildman–Crippen LogP) is 5.60. The summed E-state index contributed by atoms with van der Waals surface area (Å²) in [6.45, 7) is 0. The second-order valence-corrected chi connectivity index (χ2v) is 6.85. The average molecular weight is 366 g/mol. The van der Waals surface area contributed by atoms with Gasteiger partial charge < -0.3 is 14.8 Å². The Morgan fingerprint density at radius 3 is 2.00 bits per heavy atom. The van der Waals surface area contributed by atoms with Crippen molar-refractivity contribution in [2.45, 2.75) is 12.8 Å². The summed E-state index contributed by atoms with van der Waals surface area (Å²) in [7, 11) is 3.34. The number of ether oxygens (including phenoxy) is 2. The molecule has 3 aromatic rings. The van der Waals surface area contributed by atoms with Crippen molar-refractivity contribution in [3.63, 3.8) is 0 Å². The van der Waals surface area contributed by atoms with Crippen molar-refractivity contribution >= 4 is 23.0 Å². The minimum atomic E-state index is 0.723. The highest BCUT2D eigenvalue weighted by Crippen LogP contribution is 2.37. The van der Waals surface area contributed by atoms with E-state index in [0.717, 1.165) is 40.7 Å². The summed E-state index contributed by atoms with van der Waals surface area (Å²) in [5.41, 5.74) is 7.02. The SMILES string of the molecule is COc1cc2c(cc1OC)Cc1ccc(Cl)cc1Nc1ccccc1C2. The molecule has 26 heavy (non-hydrogen) atoms. The molecule has 0 aromatic heterocycles. The first-order valence-electron chi connectivity index (χ1n) is 8.55. The zero-order chi connectivity index (χ0) is 18.1. The second kappa shape index (κ2) is 6.93. The zero-order valence-electron chi connectivity index (χ0n) is 14.8. The van der Waals surface area contributed by atoms with Crippen molar-refractivity contribution in [1.29, 1.82) is 0 Å². The van der Waals surface area contributed by atoms with E-state index in [1.807, 2.05) is 18.2 Å². The lowest BCUT2D eigenvalue weighted by Crippen LogP contribution is -2.00. The first kappa shape index (κ1) is 16.8. The highest BCUT2D eigenvalue weighted by atomic mass is 35.5. The zero-order valence-corrected chi connectivity index (χ0v) is 15.6. The summed E-state index contributed by atoms with van der Waals surface area (Å²) in [5, 5.41) is 4.29. The van der Waals surface area contributed by atoms with Crippen LogP contribution in [0, 0.1) is 0 Å². The molecule has 0 atom stereocenters. The molecule has 132 valence electrons. The Hall–Kier alpha value is -2.65. The summed E-state index contributed by atoms with van der Waals surface area (Å²) in [4.78, 5) is 0. The Morgan fingerprint density at radius 2 is 1.35 bits per heavy atom. The van der Waals surface area contributed by atoms with E-state index in [1.165, 1.54) is 22.3 Å². The Morgan fingerprint density at radius 1 is 0.731 bits per heavy atom. The Labute approximate surface area is 158 Å². The normalized spacial score (nSPS) is 12.4. The third-order valence-electron chi connectivity index (χ3n) is 4.83. The minimum absolute atomic E-state index is 0.723. The number of para-hydroxylation sites is 1. The van der Waals surface area contributed by atoms with Crippen LogP contribution < -0.4 is 14.8 Å². The van der Waals surface area contributed by atoms with Crippen molar-refractivity contribution in [3.8, 4) is 11.5 Å². The van der Waals surface area contributed by atoms with Gasteiger partial charge in [-0.15, -0.1) is 0 Å². The first-order valence-corrected chi connectivity index (χ1v) is 8.93. The maximum atomic E-state index is 6.25. The topological polar surface area (TPSA) is 30.5 Å². The van der Waals surface area contributed by atoms with E-state index in [0.29, 0.717) is 0 Å². The quantitative estimate of drug-likeness (QED) is 0.502. The first-order chi connectivity index (χ1) is 12.7. The van der Waals surface area contributed by atoms with Gasteiger partial charge in [-0.25, -0.2) is 0 Å². The fourth-order valence-electron chi connectivity index (χ4n) is 3.46. The van der Waals surface area contributed by atoms with Crippen LogP contribution in [-0.2, 0) is 12.8 Å². The van der Waals surface area contributed by atoms with Crippen molar-refractivity contribution < 1.29 is 9.47 Å². The van der Waals surface area contributed by atoms with Crippen molar-refractivity contribution in [2.75, 3.05) is 19.5 Å². The number of rotatable bonds is 2. The molecule has 0 saturated carbocycles. The molecule has 3 aromatic carbocycles. The van der Waals surface area contributed by atoms with Gasteiger partial charge in [0.25, 0.3) is 0 Å². The van der Waals surface area contributed by atoms with Crippen LogP contribution in [0.4, 0.5) is 11.4 Å². The highest BCUT2D eigenvalue weighted by Gasteiger charge is 2.17. The Balaban J connectivity index is 1.94. The Kier molecular flexibility index (Phi) is 4.48. The molecule has 1 heterocycles. The molecule has 1 aliphatic heterocycles. The lowest BCUT2D eigenvalue weighted by Gasteiger charge is -2.15. The van der Waals surface area contributed by atoms with E-state index in [1.54, 1.807) is 14.2 Å². The van der Waals surface area contributed by atoms with Crippen molar-refractivity contribution in [2.24, 2.45) is 0 Å². The summed E-state index contributed by atoms with van der Waals surface area (Å²) in [6, 6.07) is 18.5. The molecular formula is C22H20ClNO2. The van der Waals surface area contributed by atoms with E-state index in [2.05, 4.69) is 41.7 Å². The molecule has 4 rings (SSSR count). The molecule has 3 nitrogen and oxygen atoms in total. The second-order valence-electron chi connectivity index (χ2n) is 6.41. The van der Waals surface area contributed by atoms with Gasteiger partial charge in [-0.2, -0.15) is 0 Å². The van der Waals surface area contributed by atoms with E-state index < -0.39 is 0 Å². The molecule has 4 heteroatoms. The molecule has 0 radical (unpaired) electrons. The number of anilines is 2. The number of hydrogen-bond donors (Lipinski definition) is 1. The van der Waals surface area contributed by atoms with Gasteiger partial charge >= 0.3 is 0 Å². The van der Waals surface area contributed by atoms with Gasteiger partial charge in [0.15, 0.2) is 11.5 Å². The van der Waals surface area contributed by atoms with E-state index >= 15 is 0 Å². The van der Waals surface area contributed by atoms with Crippen LogP contribution in [0.2, 0.25) is 5.02 Å². The molecular weight excluding hydrogens is 346 g/mol. The fourth-order valence-corrected chi connectivity index (χ4v) is 3.64. The summed E-state index contributed by atoms with van der Waals surface area (Å²) >= 11 is 6.25. The average Bonchev–Trinajstić information content (AvgIpc) is 2.71. The lowest BCUT2D eigenvalue weighted by molar-refractivity contribution is 0.354. The third kappa shape index (κ3) is 3.11. The van der Waals surface area contributed by atoms with Gasteiger partial charge in [0.2, 0.25) is 0 Å². The predicted molar refractivity (Wildman–Crippen MR) is 106 cm³/mol. The number of benzene rings is 3. The lowest BCUT2D eigenvalue weighted by atomic mass is 9.94. The van der Waals surface area contributed by atoms with E-state index in [4.69, 9.17) is 21.1 Å². The minimum Gasteiger partial charge on any atom is -0.493 e. The van der Waals surface area contributed by atoms with Gasteiger partial charge in [0.05, 0.1) is 14.2 Å². The van der Waals surface area contributed by atoms with Crippen LogP contribution in [0.3, 0.4) is 0 Å². The van der Waals surface area contributed by atoms with Crippen LogP contribution in [0.15, 0.2) is 54.6 Å². The largest absolute Gasteiger partial charge is 0.493 e. The van der Waals surface area contributed by atoms with Gasteiger partial charge in [-0.1, -0.05) is 35.9 Å². The summed E-state index contributed by atoms with van der Waals surface area (Å²) < 4.78 is 11.0. The van der Waals surface area contributed by atoms with Gasteiger partial charge in [-0.3, -0.25) is 0 Å². The van der Waals surface area contributed by atoms with Crippen molar-refractivity contribution in [3.05, 3.63) is 81.9 Å². The van der Waals surface area contributed by atoms with E-state index in [-0.39, 0.29) is 0 Å². The monoisotopic (exact) mass is 365 g/mol. The molecule has 0 saturated heterocycles. The summed E-state index contributed by atoms with van der Waals surface area (Å²) in [5.74, 6) is 1.51.